The third-order valence-corrected chi connectivity index (χ3v) is 4.99. The van der Waals surface area contributed by atoms with Gasteiger partial charge in [-0.05, 0) is 38.2 Å². The third-order valence-electron chi connectivity index (χ3n) is 4.99. The Morgan fingerprint density at radius 3 is 2.86 bits per heavy atom. The normalized spacial score (nSPS) is 25.1. The molecule has 5 nitrogen and oxygen atoms in total. The van der Waals surface area contributed by atoms with E-state index >= 15 is 0 Å². The predicted octanol–water partition coefficient (Wildman–Crippen LogP) is 2.31. The summed E-state index contributed by atoms with van der Waals surface area (Å²) in [6.07, 6.45) is 7.44. The van der Waals surface area contributed by atoms with Gasteiger partial charge in [0.05, 0.1) is 6.04 Å². The standard InChI is InChI=1S/C17H26N4O/c1-3-5-14-10-21(16-8-9-18-12(2)19-16)11-15(14)20-17(22)13-6-4-7-13/h8-9,13-15H,3-7,10-11H2,1-2H3,(H,20,22)/t14-,15-/m0/s1. The van der Waals surface area contributed by atoms with E-state index in [4.69, 9.17) is 0 Å². The highest BCUT2D eigenvalue weighted by molar-refractivity contribution is 5.79. The SMILES string of the molecule is CCC[C@H]1CN(c2ccnc(C)n2)C[C@@H]1NC(=O)C1CCC1. The predicted molar refractivity (Wildman–Crippen MR) is 86.7 cm³/mol. The number of rotatable bonds is 5. The largest absolute Gasteiger partial charge is 0.354 e. The van der Waals surface area contributed by atoms with Crippen LogP contribution in [0.25, 0.3) is 0 Å². The molecular formula is C17H26N4O. The van der Waals surface area contributed by atoms with Crippen LogP contribution in [0.4, 0.5) is 5.82 Å². The number of nitrogens with zero attached hydrogens (tertiary/aromatic N) is 3. The fraction of sp³-hybridized carbons (Fsp3) is 0.706. The quantitative estimate of drug-likeness (QED) is 0.907. The van der Waals surface area contributed by atoms with Gasteiger partial charge >= 0.3 is 0 Å². The van der Waals surface area contributed by atoms with Crippen molar-refractivity contribution < 1.29 is 4.79 Å². The highest BCUT2D eigenvalue weighted by atomic mass is 16.2. The van der Waals surface area contributed by atoms with Crippen molar-refractivity contribution in [2.45, 2.75) is 52.0 Å². The number of hydrogen-bond acceptors (Lipinski definition) is 4. The van der Waals surface area contributed by atoms with E-state index in [2.05, 4.69) is 27.1 Å². The summed E-state index contributed by atoms with van der Waals surface area (Å²) in [6, 6.07) is 2.22. The van der Waals surface area contributed by atoms with Gasteiger partial charge in [-0.3, -0.25) is 4.79 Å². The van der Waals surface area contributed by atoms with Gasteiger partial charge in [-0.2, -0.15) is 0 Å². The van der Waals surface area contributed by atoms with Crippen LogP contribution < -0.4 is 10.2 Å². The lowest BCUT2D eigenvalue weighted by Crippen LogP contribution is -2.45. The smallest absolute Gasteiger partial charge is 0.223 e. The van der Waals surface area contributed by atoms with Crippen LogP contribution in [0.2, 0.25) is 0 Å². The van der Waals surface area contributed by atoms with Crippen LogP contribution in [-0.4, -0.2) is 35.0 Å². The molecule has 1 N–H and O–H groups in total. The molecule has 3 rings (SSSR count). The zero-order chi connectivity index (χ0) is 15.5. The molecule has 1 aliphatic heterocycles. The Morgan fingerprint density at radius 2 is 2.23 bits per heavy atom. The van der Waals surface area contributed by atoms with Crippen molar-refractivity contribution in [2.75, 3.05) is 18.0 Å². The lowest BCUT2D eigenvalue weighted by atomic mass is 9.84. The Balaban J connectivity index is 1.67. The summed E-state index contributed by atoms with van der Waals surface area (Å²) in [4.78, 5) is 23.3. The molecule has 0 unspecified atom stereocenters. The molecule has 0 radical (unpaired) electrons. The third kappa shape index (κ3) is 3.23. The summed E-state index contributed by atoms with van der Waals surface area (Å²) in [5, 5.41) is 3.31. The number of hydrogen-bond donors (Lipinski definition) is 1. The average Bonchev–Trinajstić information content (AvgIpc) is 2.80. The van der Waals surface area contributed by atoms with E-state index < -0.39 is 0 Å². The molecule has 1 amide bonds. The number of nitrogens with one attached hydrogen (secondary N) is 1. The minimum Gasteiger partial charge on any atom is -0.354 e. The van der Waals surface area contributed by atoms with Gasteiger partial charge in [-0.1, -0.05) is 19.8 Å². The molecule has 2 fully saturated rings. The van der Waals surface area contributed by atoms with Gasteiger partial charge in [0.25, 0.3) is 0 Å². The van der Waals surface area contributed by atoms with Crippen LogP contribution >= 0.6 is 0 Å². The van der Waals surface area contributed by atoms with Gasteiger partial charge in [-0.25, -0.2) is 9.97 Å². The maximum atomic E-state index is 12.3. The maximum absolute atomic E-state index is 12.3. The van der Waals surface area contributed by atoms with Gasteiger partial charge in [0.1, 0.15) is 11.6 Å². The van der Waals surface area contributed by atoms with Crippen molar-refractivity contribution in [2.24, 2.45) is 11.8 Å². The van der Waals surface area contributed by atoms with Gasteiger partial charge in [0.2, 0.25) is 5.91 Å². The van der Waals surface area contributed by atoms with Crippen molar-refractivity contribution in [1.82, 2.24) is 15.3 Å². The maximum Gasteiger partial charge on any atom is 0.223 e. The molecule has 2 aliphatic rings. The molecular weight excluding hydrogens is 276 g/mol. The van der Waals surface area contributed by atoms with E-state index in [1.54, 1.807) is 0 Å². The summed E-state index contributed by atoms with van der Waals surface area (Å²) < 4.78 is 0. The van der Waals surface area contributed by atoms with Crippen LogP contribution in [0.15, 0.2) is 12.3 Å². The van der Waals surface area contributed by atoms with E-state index in [1.165, 1.54) is 6.42 Å². The molecule has 0 bridgehead atoms. The zero-order valence-electron chi connectivity index (χ0n) is 13.6. The second-order valence-corrected chi connectivity index (χ2v) is 6.66. The van der Waals surface area contributed by atoms with Crippen molar-refractivity contribution in [3.05, 3.63) is 18.1 Å². The fourth-order valence-electron chi connectivity index (χ4n) is 3.48. The van der Waals surface area contributed by atoms with Gasteiger partial charge in [0, 0.05) is 25.2 Å². The van der Waals surface area contributed by atoms with Gasteiger partial charge in [-0.15, -0.1) is 0 Å². The van der Waals surface area contributed by atoms with Crippen molar-refractivity contribution in [3.63, 3.8) is 0 Å². The molecule has 1 saturated carbocycles. The van der Waals surface area contributed by atoms with Crippen LogP contribution in [0, 0.1) is 18.8 Å². The topological polar surface area (TPSA) is 58.1 Å². The number of carbonyl (C=O) groups is 1. The second-order valence-electron chi connectivity index (χ2n) is 6.66. The first-order valence-corrected chi connectivity index (χ1v) is 8.52. The molecule has 1 aromatic rings. The van der Waals surface area contributed by atoms with E-state index in [9.17, 15) is 4.79 Å². The minimum absolute atomic E-state index is 0.253. The first kappa shape index (κ1) is 15.3. The molecule has 5 heteroatoms. The summed E-state index contributed by atoms with van der Waals surface area (Å²) in [5.41, 5.74) is 0. The molecule has 22 heavy (non-hydrogen) atoms. The van der Waals surface area contributed by atoms with E-state index in [-0.39, 0.29) is 17.9 Å². The van der Waals surface area contributed by atoms with Crippen LogP contribution in [0.3, 0.4) is 0 Å². The number of aromatic nitrogens is 2. The zero-order valence-corrected chi connectivity index (χ0v) is 13.6. The summed E-state index contributed by atoms with van der Waals surface area (Å²) >= 11 is 0. The monoisotopic (exact) mass is 302 g/mol. The molecule has 2 atom stereocenters. The fourth-order valence-corrected chi connectivity index (χ4v) is 3.48. The van der Waals surface area contributed by atoms with Crippen molar-refractivity contribution in [3.8, 4) is 0 Å². The highest BCUT2D eigenvalue weighted by Gasteiger charge is 2.36. The molecule has 1 saturated heterocycles. The lowest BCUT2D eigenvalue weighted by Gasteiger charge is -2.27. The Labute approximate surface area is 132 Å². The second kappa shape index (κ2) is 6.63. The van der Waals surface area contributed by atoms with Gasteiger partial charge in [0.15, 0.2) is 0 Å². The van der Waals surface area contributed by atoms with Gasteiger partial charge < -0.3 is 10.2 Å². The molecule has 1 aromatic heterocycles. The Kier molecular flexibility index (Phi) is 4.60. The van der Waals surface area contributed by atoms with Crippen LogP contribution in [0.5, 0.6) is 0 Å². The van der Waals surface area contributed by atoms with E-state index in [1.807, 2.05) is 19.2 Å². The van der Waals surface area contributed by atoms with Crippen LogP contribution in [-0.2, 0) is 4.79 Å². The average molecular weight is 302 g/mol. The lowest BCUT2D eigenvalue weighted by molar-refractivity contribution is -0.128. The first-order valence-electron chi connectivity index (χ1n) is 8.52. The summed E-state index contributed by atoms with van der Waals surface area (Å²) in [7, 11) is 0. The first-order chi connectivity index (χ1) is 10.7. The Morgan fingerprint density at radius 1 is 1.41 bits per heavy atom. The van der Waals surface area contributed by atoms with E-state index in [0.717, 1.165) is 50.4 Å². The molecule has 120 valence electrons. The molecule has 0 aromatic carbocycles. The number of amides is 1. The van der Waals surface area contributed by atoms with Crippen LogP contribution in [0.1, 0.15) is 44.9 Å². The molecule has 1 aliphatic carbocycles. The molecule has 2 heterocycles. The van der Waals surface area contributed by atoms with Crippen molar-refractivity contribution in [1.29, 1.82) is 0 Å². The minimum atomic E-state index is 0.253. The number of carbonyl (C=O) groups excluding carboxylic acids is 1. The van der Waals surface area contributed by atoms with Crippen molar-refractivity contribution >= 4 is 11.7 Å². The summed E-state index contributed by atoms with van der Waals surface area (Å²) in [6.45, 7) is 5.96. The Hall–Kier alpha value is -1.65. The van der Waals surface area contributed by atoms with E-state index in [0.29, 0.717) is 5.92 Å². The summed E-state index contributed by atoms with van der Waals surface area (Å²) in [5.74, 6) is 2.82. The Bertz CT molecular complexity index is 529. The number of anilines is 1. The molecule has 0 spiro atoms. The highest BCUT2D eigenvalue weighted by Crippen LogP contribution is 2.29. The number of aryl methyl sites for hydroxylation is 1.